The second-order valence-corrected chi connectivity index (χ2v) is 7.02. The van der Waals surface area contributed by atoms with Crippen LogP contribution in [0.1, 0.15) is 18.4 Å². The molecule has 1 fully saturated rings. The third kappa shape index (κ3) is 3.48. The van der Waals surface area contributed by atoms with Crippen molar-refractivity contribution in [3.8, 4) is 0 Å². The lowest BCUT2D eigenvalue weighted by atomic mass is 10.0. The van der Waals surface area contributed by atoms with E-state index in [0.29, 0.717) is 6.04 Å². The summed E-state index contributed by atoms with van der Waals surface area (Å²) in [5.74, 6) is 0.905. The van der Waals surface area contributed by atoms with Crippen molar-refractivity contribution in [1.82, 2.24) is 19.9 Å². The molecule has 0 unspecified atom stereocenters. The van der Waals surface area contributed by atoms with Crippen LogP contribution in [0, 0.1) is 0 Å². The van der Waals surface area contributed by atoms with Gasteiger partial charge in [-0.05, 0) is 42.6 Å². The number of likely N-dealkylation sites (N-methyl/N-ethyl adjacent to an activating group) is 1. The molecule has 0 radical (unpaired) electrons. The molecule has 0 saturated carbocycles. The minimum Gasteiger partial charge on any atom is -0.355 e. The van der Waals surface area contributed by atoms with Gasteiger partial charge in [-0.3, -0.25) is 4.90 Å². The van der Waals surface area contributed by atoms with Crippen molar-refractivity contribution < 1.29 is 0 Å². The SMILES string of the molecule is CN(c1nc(Cl)nc2[nH]ccc12)[C@@H]1CCCN(Cc2ccccc2)C1. The average molecular weight is 356 g/mol. The Morgan fingerprint density at radius 1 is 1.24 bits per heavy atom. The van der Waals surface area contributed by atoms with Crippen molar-refractivity contribution in [2.75, 3.05) is 25.0 Å². The first-order valence-electron chi connectivity index (χ1n) is 8.70. The normalized spacial score (nSPS) is 18.6. The fourth-order valence-electron chi connectivity index (χ4n) is 3.67. The molecular weight excluding hydrogens is 334 g/mol. The van der Waals surface area contributed by atoms with Crippen LogP contribution in [0.2, 0.25) is 5.28 Å². The maximum atomic E-state index is 6.12. The van der Waals surface area contributed by atoms with E-state index in [1.807, 2.05) is 12.3 Å². The molecule has 1 aromatic carbocycles. The van der Waals surface area contributed by atoms with E-state index in [2.05, 4.69) is 62.1 Å². The van der Waals surface area contributed by atoms with Crippen LogP contribution in [-0.4, -0.2) is 46.0 Å². The Balaban J connectivity index is 1.53. The van der Waals surface area contributed by atoms with E-state index in [-0.39, 0.29) is 5.28 Å². The van der Waals surface area contributed by atoms with Gasteiger partial charge in [0.1, 0.15) is 11.5 Å². The van der Waals surface area contributed by atoms with Gasteiger partial charge < -0.3 is 9.88 Å². The molecule has 1 aliphatic rings. The molecule has 1 saturated heterocycles. The topological polar surface area (TPSA) is 48.1 Å². The number of anilines is 1. The largest absolute Gasteiger partial charge is 0.355 e. The number of aromatic nitrogens is 3. The van der Waals surface area contributed by atoms with Crippen LogP contribution in [0.15, 0.2) is 42.6 Å². The molecular formula is C19H22ClN5. The fourth-order valence-corrected chi connectivity index (χ4v) is 3.84. The van der Waals surface area contributed by atoms with Gasteiger partial charge >= 0.3 is 0 Å². The molecule has 3 heterocycles. The molecule has 0 spiro atoms. The quantitative estimate of drug-likeness (QED) is 0.725. The lowest BCUT2D eigenvalue weighted by Crippen LogP contribution is -2.46. The second kappa shape index (κ2) is 7.02. The van der Waals surface area contributed by atoms with Crippen LogP contribution in [0.3, 0.4) is 0 Å². The summed E-state index contributed by atoms with van der Waals surface area (Å²) in [7, 11) is 2.11. The van der Waals surface area contributed by atoms with Gasteiger partial charge in [0.05, 0.1) is 5.39 Å². The Kier molecular flexibility index (Phi) is 4.59. The Morgan fingerprint density at radius 2 is 2.08 bits per heavy atom. The molecule has 130 valence electrons. The van der Waals surface area contributed by atoms with E-state index >= 15 is 0 Å². The minimum absolute atomic E-state index is 0.286. The molecule has 1 aliphatic heterocycles. The highest BCUT2D eigenvalue weighted by Gasteiger charge is 2.25. The van der Waals surface area contributed by atoms with Gasteiger partial charge in [-0.2, -0.15) is 9.97 Å². The molecule has 6 heteroatoms. The van der Waals surface area contributed by atoms with Crippen LogP contribution >= 0.6 is 11.6 Å². The predicted molar refractivity (Wildman–Crippen MR) is 102 cm³/mol. The molecule has 0 aliphatic carbocycles. The maximum Gasteiger partial charge on any atom is 0.226 e. The molecule has 1 N–H and O–H groups in total. The number of benzene rings is 1. The fraction of sp³-hybridized carbons (Fsp3) is 0.368. The molecule has 4 rings (SSSR count). The Hall–Kier alpha value is -2.11. The lowest BCUT2D eigenvalue weighted by molar-refractivity contribution is 0.198. The number of aromatic amines is 1. The molecule has 0 bridgehead atoms. The Morgan fingerprint density at radius 3 is 2.92 bits per heavy atom. The monoisotopic (exact) mass is 355 g/mol. The lowest BCUT2D eigenvalue weighted by Gasteiger charge is -2.38. The first kappa shape index (κ1) is 16.4. The van der Waals surface area contributed by atoms with Crippen molar-refractivity contribution in [1.29, 1.82) is 0 Å². The summed E-state index contributed by atoms with van der Waals surface area (Å²) in [6.07, 6.45) is 4.24. The Labute approximate surface area is 152 Å². The van der Waals surface area contributed by atoms with Crippen LogP contribution in [0.5, 0.6) is 0 Å². The highest BCUT2D eigenvalue weighted by Crippen LogP contribution is 2.28. The van der Waals surface area contributed by atoms with Gasteiger partial charge in [0, 0.05) is 32.4 Å². The standard InChI is InChI=1S/C19H22ClN5/c1-24(18-16-9-10-21-17(16)22-19(20)23-18)15-8-5-11-25(13-15)12-14-6-3-2-4-7-14/h2-4,6-7,9-10,15H,5,8,11-13H2,1H3,(H,21,22,23)/t15-/m1/s1. The Bertz CT molecular complexity index is 847. The second-order valence-electron chi connectivity index (χ2n) is 6.68. The van der Waals surface area contributed by atoms with Gasteiger partial charge in [-0.15, -0.1) is 0 Å². The molecule has 0 amide bonds. The van der Waals surface area contributed by atoms with E-state index in [4.69, 9.17) is 11.6 Å². The third-order valence-corrected chi connectivity index (χ3v) is 5.15. The number of hydrogen-bond acceptors (Lipinski definition) is 4. The summed E-state index contributed by atoms with van der Waals surface area (Å²) in [6.45, 7) is 3.16. The number of likely N-dealkylation sites (tertiary alicyclic amines) is 1. The van der Waals surface area contributed by atoms with Gasteiger partial charge in [0.2, 0.25) is 5.28 Å². The van der Waals surface area contributed by atoms with E-state index in [1.54, 1.807) is 0 Å². The average Bonchev–Trinajstić information content (AvgIpc) is 3.10. The first-order valence-corrected chi connectivity index (χ1v) is 9.08. The predicted octanol–water partition coefficient (Wildman–Crippen LogP) is 3.71. The highest BCUT2D eigenvalue weighted by molar-refractivity contribution is 6.28. The smallest absolute Gasteiger partial charge is 0.226 e. The molecule has 2 aromatic heterocycles. The number of rotatable bonds is 4. The number of hydrogen-bond donors (Lipinski definition) is 1. The number of H-pyrrole nitrogens is 1. The van der Waals surface area contributed by atoms with Crippen molar-refractivity contribution >= 4 is 28.5 Å². The van der Waals surface area contributed by atoms with Crippen LogP contribution < -0.4 is 4.90 Å². The van der Waals surface area contributed by atoms with Gasteiger partial charge in [-0.25, -0.2) is 0 Å². The molecule has 5 nitrogen and oxygen atoms in total. The summed E-state index contributed by atoms with van der Waals surface area (Å²) >= 11 is 6.12. The number of fused-ring (bicyclic) bond motifs is 1. The number of piperidine rings is 1. The minimum atomic E-state index is 0.286. The summed E-state index contributed by atoms with van der Waals surface area (Å²) in [5.41, 5.74) is 2.16. The van der Waals surface area contributed by atoms with Crippen molar-refractivity contribution in [2.24, 2.45) is 0 Å². The number of halogens is 1. The summed E-state index contributed by atoms with van der Waals surface area (Å²) in [4.78, 5) is 16.7. The number of nitrogens with zero attached hydrogens (tertiary/aromatic N) is 4. The van der Waals surface area contributed by atoms with E-state index in [0.717, 1.165) is 42.9 Å². The molecule has 25 heavy (non-hydrogen) atoms. The van der Waals surface area contributed by atoms with E-state index in [1.165, 1.54) is 12.0 Å². The third-order valence-electron chi connectivity index (χ3n) is 4.98. The van der Waals surface area contributed by atoms with Gasteiger partial charge in [0.15, 0.2) is 0 Å². The zero-order chi connectivity index (χ0) is 17.2. The summed E-state index contributed by atoms with van der Waals surface area (Å²) in [6, 6.07) is 13.1. The summed E-state index contributed by atoms with van der Waals surface area (Å²) < 4.78 is 0. The van der Waals surface area contributed by atoms with Gasteiger partial charge in [0.25, 0.3) is 0 Å². The highest BCUT2D eigenvalue weighted by atomic mass is 35.5. The summed E-state index contributed by atoms with van der Waals surface area (Å²) in [5, 5.41) is 1.31. The van der Waals surface area contributed by atoms with Gasteiger partial charge in [-0.1, -0.05) is 30.3 Å². The maximum absolute atomic E-state index is 6.12. The van der Waals surface area contributed by atoms with Crippen LogP contribution in [-0.2, 0) is 6.54 Å². The zero-order valence-corrected chi connectivity index (χ0v) is 15.1. The van der Waals surface area contributed by atoms with E-state index in [9.17, 15) is 0 Å². The van der Waals surface area contributed by atoms with E-state index < -0.39 is 0 Å². The number of nitrogens with one attached hydrogen (secondary N) is 1. The van der Waals surface area contributed by atoms with Crippen molar-refractivity contribution in [3.05, 3.63) is 53.4 Å². The van der Waals surface area contributed by atoms with Crippen molar-refractivity contribution in [3.63, 3.8) is 0 Å². The molecule has 1 atom stereocenters. The van der Waals surface area contributed by atoms with Crippen LogP contribution in [0.4, 0.5) is 5.82 Å². The first-order chi connectivity index (χ1) is 12.2. The van der Waals surface area contributed by atoms with Crippen LogP contribution in [0.25, 0.3) is 11.0 Å². The van der Waals surface area contributed by atoms with Crippen molar-refractivity contribution in [2.45, 2.75) is 25.4 Å². The molecule has 3 aromatic rings. The zero-order valence-electron chi connectivity index (χ0n) is 14.3.